The van der Waals surface area contributed by atoms with Crippen molar-refractivity contribution >= 4 is 17.3 Å². The number of fused-ring (bicyclic) bond motifs is 5. The van der Waals surface area contributed by atoms with Gasteiger partial charge in [0, 0.05) is 53.2 Å². The highest BCUT2D eigenvalue weighted by molar-refractivity contribution is 6.22. The van der Waals surface area contributed by atoms with E-state index in [4.69, 9.17) is 0 Å². The molecule has 140 valence electrons. The van der Waals surface area contributed by atoms with Gasteiger partial charge in [0.1, 0.15) is 0 Å². The second kappa shape index (κ2) is 6.67. The second-order valence-corrected chi connectivity index (χ2v) is 7.19. The Bertz CT molecular complexity index is 1190. The summed E-state index contributed by atoms with van der Waals surface area (Å²) in [6.45, 7) is 0.875. The quantitative estimate of drug-likeness (QED) is 0.455. The summed E-state index contributed by atoms with van der Waals surface area (Å²) in [5.74, 6) is 0.243. The second-order valence-electron chi connectivity index (χ2n) is 7.19. The van der Waals surface area contributed by atoms with Crippen molar-refractivity contribution in [2.45, 2.75) is 0 Å². The molecule has 0 saturated heterocycles. The van der Waals surface area contributed by atoms with Crippen molar-refractivity contribution in [2.24, 2.45) is 0 Å². The van der Waals surface area contributed by atoms with Gasteiger partial charge in [-0.25, -0.2) is 0 Å². The van der Waals surface area contributed by atoms with E-state index in [9.17, 15) is 9.59 Å². The van der Waals surface area contributed by atoms with Crippen molar-refractivity contribution in [2.75, 3.05) is 13.6 Å². The predicted octanol–water partition coefficient (Wildman–Crippen LogP) is 4.39. The lowest BCUT2D eigenvalue weighted by Crippen LogP contribution is -2.19. The zero-order valence-electron chi connectivity index (χ0n) is 15.9. The van der Waals surface area contributed by atoms with Gasteiger partial charge >= 0.3 is 0 Å². The first-order valence-electron chi connectivity index (χ1n) is 9.52. The molecule has 1 aromatic heterocycles. The van der Waals surface area contributed by atoms with Crippen LogP contribution in [-0.2, 0) is 0 Å². The van der Waals surface area contributed by atoms with Gasteiger partial charge in [0.15, 0.2) is 11.6 Å². The Balaban J connectivity index is 0.000000125. The minimum absolute atomic E-state index is 0.0868. The smallest absolute Gasteiger partial charge is 0.195 e. The average molecular weight is 378 g/mol. The van der Waals surface area contributed by atoms with Crippen LogP contribution in [0.3, 0.4) is 0 Å². The molecule has 2 aliphatic carbocycles. The molecule has 0 saturated carbocycles. The third-order valence-corrected chi connectivity index (χ3v) is 5.45. The highest BCUT2D eigenvalue weighted by Gasteiger charge is 2.31. The van der Waals surface area contributed by atoms with Crippen LogP contribution < -0.4 is 0 Å². The van der Waals surface area contributed by atoms with Crippen molar-refractivity contribution in [1.29, 1.82) is 0 Å². The molecule has 3 aromatic rings. The number of carbonyl (C=O) groups is 2. The minimum Gasteiger partial charge on any atom is -0.370 e. The molecule has 0 amide bonds. The number of nitrogens with zero attached hydrogens (tertiary/aromatic N) is 2. The number of pyridine rings is 1. The summed E-state index contributed by atoms with van der Waals surface area (Å²) in [5.41, 5.74) is 7.07. The number of hydrogen-bond acceptors (Lipinski definition) is 4. The highest BCUT2D eigenvalue weighted by Crippen LogP contribution is 2.36. The Labute approximate surface area is 168 Å². The van der Waals surface area contributed by atoms with Gasteiger partial charge in [0.2, 0.25) is 0 Å². The third-order valence-electron chi connectivity index (χ3n) is 5.45. The molecular weight excluding hydrogens is 360 g/mol. The van der Waals surface area contributed by atoms with Gasteiger partial charge in [-0.05, 0) is 12.1 Å². The van der Waals surface area contributed by atoms with Crippen LogP contribution in [0.25, 0.3) is 17.0 Å². The third kappa shape index (κ3) is 2.64. The summed E-state index contributed by atoms with van der Waals surface area (Å²) in [6, 6.07) is 19.0. The fourth-order valence-corrected chi connectivity index (χ4v) is 4.11. The lowest BCUT2D eigenvalue weighted by Gasteiger charge is -2.23. The van der Waals surface area contributed by atoms with E-state index in [0.717, 1.165) is 45.8 Å². The number of carbonyl (C=O) groups excluding carboxylic acids is 2. The van der Waals surface area contributed by atoms with Gasteiger partial charge in [0.05, 0.1) is 11.4 Å². The van der Waals surface area contributed by atoms with Crippen molar-refractivity contribution < 1.29 is 9.59 Å². The Morgan fingerprint density at radius 1 is 0.759 bits per heavy atom. The first kappa shape index (κ1) is 17.3. The monoisotopic (exact) mass is 378 g/mol. The summed E-state index contributed by atoms with van der Waals surface area (Å²) >= 11 is 0. The number of allylic oxidation sites excluding steroid dienone is 2. The van der Waals surface area contributed by atoms with Crippen molar-refractivity contribution in [3.05, 3.63) is 107 Å². The average Bonchev–Trinajstić information content (AvgIpc) is 3.23. The minimum atomic E-state index is 0.0868. The molecule has 0 radical (unpaired) electrons. The summed E-state index contributed by atoms with van der Waals surface area (Å²) in [4.78, 5) is 30.2. The molecule has 2 aromatic carbocycles. The van der Waals surface area contributed by atoms with Gasteiger partial charge in [-0.15, -0.1) is 0 Å². The first-order chi connectivity index (χ1) is 14.2. The van der Waals surface area contributed by atoms with E-state index >= 15 is 0 Å². The number of benzene rings is 2. The Morgan fingerprint density at radius 2 is 1.38 bits per heavy atom. The standard InChI is InChI=1S/C13H11NO.C12H7NO/c1-14-8-4-7-11-12(14)9-5-2-3-6-10(9)13(11)15;14-12-9-5-2-1-4-8(9)11-10(12)6-3-7-13-11/h2-7H,8H2,1H3;1-7H. The molecule has 0 fully saturated rings. The van der Waals surface area contributed by atoms with Crippen LogP contribution in [0.1, 0.15) is 31.8 Å². The highest BCUT2D eigenvalue weighted by atomic mass is 16.1. The van der Waals surface area contributed by atoms with E-state index < -0.39 is 0 Å². The number of hydrogen-bond donors (Lipinski definition) is 0. The molecule has 6 rings (SSSR count). The van der Waals surface area contributed by atoms with Crippen molar-refractivity contribution in [3.63, 3.8) is 0 Å². The van der Waals surface area contributed by atoms with E-state index in [2.05, 4.69) is 9.88 Å². The Morgan fingerprint density at radius 3 is 2.14 bits per heavy atom. The molecule has 29 heavy (non-hydrogen) atoms. The Kier molecular flexibility index (Phi) is 3.98. The van der Waals surface area contributed by atoms with E-state index in [1.807, 2.05) is 73.8 Å². The summed E-state index contributed by atoms with van der Waals surface area (Å²) in [7, 11) is 2.02. The molecular formula is C25H18N2O2. The van der Waals surface area contributed by atoms with Crippen LogP contribution in [0.2, 0.25) is 0 Å². The molecule has 0 atom stereocenters. The molecule has 4 nitrogen and oxygen atoms in total. The zero-order chi connectivity index (χ0) is 20.0. The Hall–Kier alpha value is -3.79. The van der Waals surface area contributed by atoms with Gasteiger partial charge in [0.25, 0.3) is 0 Å². The largest absolute Gasteiger partial charge is 0.370 e. The lowest BCUT2D eigenvalue weighted by atomic mass is 10.1. The van der Waals surface area contributed by atoms with Crippen LogP contribution in [0.4, 0.5) is 0 Å². The van der Waals surface area contributed by atoms with E-state index in [-0.39, 0.29) is 11.6 Å². The number of rotatable bonds is 0. The van der Waals surface area contributed by atoms with Crippen molar-refractivity contribution in [1.82, 2.24) is 9.88 Å². The van der Waals surface area contributed by atoms with Gasteiger partial charge < -0.3 is 4.90 Å². The molecule has 0 spiro atoms. The van der Waals surface area contributed by atoms with Crippen LogP contribution in [0, 0.1) is 0 Å². The van der Waals surface area contributed by atoms with E-state index in [1.54, 1.807) is 12.3 Å². The molecule has 1 aliphatic heterocycles. The fourth-order valence-electron chi connectivity index (χ4n) is 4.11. The van der Waals surface area contributed by atoms with Crippen molar-refractivity contribution in [3.8, 4) is 11.3 Å². The molecule has 0 unspecified atom stereocenters. The van der Waals surface area contributed by atoms with E-state index in [0.29, 0.717) is 5.56 Å². The number of Topliss-reactive ketones (excluding diaryl/α,β-unsaturated/α-hetero) is 1. The molecule has 2 heterocycles. The normalized spacial score (nSPS) is 15.4. The maximum Gasteiger partial charge on any atom is 0.195 e. The fraction of sp³-hybridized carbons (Fsp3) is 0.0800. The number of likely N-dealkylation sites (N-methyl/N-ethyl adjacent to an activating group) is 1. The molecule has 0 bridgehead atoms. The number of aromatic nitrogens is 1. The van der Waals surface area contributed by atoms with Gasteiger partial charge in [-0.1, -0.05) is 60.7 Å². The summed E-state index contributed by atoms with van der Waals surface area (Å²) in [5, 5.41) is 0. The van der Waals surface area contributed by atoms with Gasteiger partial charge in [-0.2, -0.15) is 0 Å². The predicted molar refractivity (Wildman–Crippen MR) is 113 cm³/mol. The maximum atomic E-state index is 12.0. The topological polar surface area (TPSA) is 50.3 Å². The van der Waals surface area contributed by atoms with Crippen LogP contribution in [0.15, 0.2) is 84.6 Å². The zero-order valence-corrected chi connectivity index (χ0v) is 15.9. The lowest BCUT2D eigenvalue weighted by molar-refractivity contribution is 0.103. The number of ketones is 2. The molecule has 3 aliphatic rings. The van der Waals surface area contributed by atoms with Gasteiger partial charge in [-0.3, -0.25) is 14.6 Å². The summed E-state index contributed by atoms with van der Waals surface area (Å²) in [6.07, 6.45) is 5.69. The first-order valence-corrected chi connectivity index (χ1v) is 9.52. The summed E-state index contributed by atoms with van der Waals surface area (Å²) < 4.78 is 0. The van der Waals surface area contributed by atoms with E-state index in [1.165, 1.54) is 0 Å². The van der Waals surface area contributed by atoms with Crippen LogP contribution in [0.5, 0.6) is 0 Å². The van der Waals surface area contributed by atoms with Crippen LogP contribution in [-0.4, -0.2) is 35.0 Å². The molecule has 0 N–H and O–H groups in total. The molecule has 4 heteroatoms. The maximum absolute atomic E-state index is 12.0. The SMILES string of the molecule is CN1CC=CC2=C1c1ccccc1C2=O.O=C1c2ccccc2-c2ncccc21. The van der Waals surface area contributed by atoms with Crippen LogP contribution >= 0.6 is 0 Å².